The molecule has 3 N–H and O–H groups in total. The number of pyridine rings is 1. The smallest absolute Gasteiger partial charge is 0.255 e. The molecule has 0 spiro atoms. The molecule has 1 aromatic carbocycles. The molecule has 0 atom stereocenters. The molecule has 2 aromatic rings. The van der Waals surface area contributed by atoms with Crippen molar-refractivity contribution in [2.24, 2.45) is 5.73 Å². The summed E-state index contributed by atoms with van der Waals surface area (Å²) >= 11 is 9.47. The zero-order valence-electron chi connectivity index (χ0n) is 10.8. The molecule has 0 fully saturated rings. The van der Waals surface area contributed by atoms with Gasteiger partial charge in [0.15, 0.2) is 0 Å². The zero-order valence-corrected chi connectivity index (χ0v) is 13.1. The molecular weight excluding hydrogens is 342 g/mol. The fraction of sp³-hybridized carbons (Fsp3) is 0.143. The van der Waals surface area contributed by atoms with Gasteiger partial charge in [-0.05, 0) is 52.7 Å². The minimum absolute atomic E-state index is 0.234. The van der Waals surface area contributed by atoms with E-state index in [9.17, 15) is 4.79 Å². The fourth-order valence-electron chi connectivity index (χ4n) is 1.67. The second kappa shape index (κ2) is 6.35. The summed E-state index contributed by atoms with van der Waals surface area (Å²) in [5.41, 5.74) is 8.24. The lowest BCUT2D eigenvalue weighted by molar-refractivity contribution is 0.102. The number of nitrogens with one attached hydrogen (secondary N) is 1. The summed E-state index contributed by atoms with van der Waals surface area (Å²) in [5, 5.41) is 3.41. The van der Waals surface area contributed by atoms with Crippen molar-refractivity contribution in [2.75, 3.05) is 5.32 Å². The third-order valence-corrected chi connectivity index (χ3v) is 3.85. The number of rotatable bonds is 3. The van der Waals surface area contributed by atoms with E-state index in [2.05, 4.69) is 26.2 Å². The number of nitrogens with two attached hydrogens (primary N) is 1. The summed E-state index contributed by atoms with van der Waals surface area (Å²) in [5.74, 6) is -0.234. The topological polar surface area (TPSA) is 68.0 Å². The average molecular weight is 355 g/mol. The lowest BCUT2D eigenvalue weighted by Gasteiger charge is -2.10. The number of benzene rings is 1. The molecule has 6 heteroatoms. The molecule has 20 heavy (non-hydrogen) atoms. The highest BCUT2D eigenvalue weighted by molar-refractivity contribution is 9.10. The molecule has 0 bridgehead atoms. The Kier molecular flexibility index (Phi) is 4.75. The predicted octanol–water partition coefficient (Wildman–Crippen LogP) is 3.52. The van der Waals surface area contributed by atoms with E-state index in [4.69, 9.17) is 17.3 Å². The number of hydrogen-bond donors (Lipinski definition) is 2. The maximum Gasteiger partial charge on any atom is 0.255 e. The number of aryl methyl sites for hydroxylation is 1. The molecule has 1 aromatic heterocycles. The second-order valence-electron chi connectivity index (χ2n) is 4.28. The van der Waals surface area contributed by atoms with Gasteiger partial charge in [0, 0.05) is 27.8 Å². The van der Waals surface area contributed by atoms with Crippen molar-refractivity contribution in [2.45, 2.75) is 13.5 Å². The van der Waals surface area contributed by atoms with Gasteiger partial charge in [-0.15, -0.1) is 0 Å². The molecule has 4 nitrogen and oxygen atoms in total. The van der Waals surface area contributed by atoms with Crippen molar-refractivity contribution in [3.8, 4) is 0 Å². The summed E-state index contributed by atoms with van der Waals surface area (Å²) in [6.45, 7) is 2.19. The molecule has 104 valence electrons. The molecular formula is C14H13BrClN3O. The average Bonchev–Trinajstić information content (AvgIpc) is 2.44. The van der Waals surface area contributed by atoms with Crippen LogP contribution in [-0.2, 0) is 6.54 Å². The molecule has 0 radical (unpaired) electrons. The third kappa shape index (κ3) is 3.36. The Morgan fingerprint density at radius 1 is 1.45 bits per heavy atom. The molecule has 1 heterocycles. The molecule has 0 aliphatic rings. The van der Waals surface area contributed by atoms with Crippen LogP contribution in [0.5, 0.6) is 0 Å². The number of carbonyl (C=O) groups is 1. The predicted molar refractivity (Wildman–Crippen MR) is 84.0 cm³/mol. The highest BCUT2D eigenvalue weighted by Crippen LogP contribution is 2.29. The zero-order chi connectivity index (χ0) is 14.7. The van der Waals surface area contributed by atoms with Gasteiger partial charge in [0.25, 0.3) is 5.91 Å². The summed E-state index contributed by atoms with van der Waals surface area (Å²) < 4.78 is 0.779. The van der Waals surface area contributed by atoms with Crippen LogP contribution in [0.4, 0.5) is 5.69 Å². The van der Waals surface area contributed by atoms with Crippen LogP contribution in [0.1, 0.15) is 21.6 Å². The van der Waals surface area contributed by atoms with E-state index in [1.807, 2.05) is 13.0 Å². The van der Waals surface area contributed by atoms with Crippen LogP contribution in [0, 0.1) is 6.92 Å². The van der Waals surface area contributed by atoms with E-state index >= 15 is 0 Å². The van der Waals surface area contributed by atoms with Crippen molar-refractivity contribution in [3.63, 3.8) is 0 Å². The maximum atomic E-state index is 12.2. The number of nitrogens with zero attached hydrogens (tertiary/aromatic N) is 1. The van der Waals surface area contributed by atoms with Crippen LogP contribution in [0.15, 0.2) is 34.9 Å². The first-order valence-corrected chi connectivity index (χ1v) is 7.10. The third-order valence-electron chi connectivity index (χ3n) is 2.78. The van der Waals surface area contributed by atoms with Gasteiger partial charge in [-0.3, -0.25) is 9.78 Å². The largest absolute Gasteiger partial charge is 0.325 e. The monoisotopic (exact) mass is 353 g/mol. The Bertz CT molecular complexity index is 661. The minimum Gasteiger partial charge on any atom is -0.325 e. The van der Waals surface area contributed by atoms with E-state index in [0.717, 1.165) is 10.0 Å². The van der Waals surface area contributed by atoms with Crippen LogP contribution < -0.4 is 11.1 Å². The Hall–Kier alpha value is -1.43. The van der Waals surface area contributed by atoms with E-state index < -0.39 is 0 Å². The van der Waals surface area contributed by atoms with Gasteiger partial charge >= 0.3 is 0 Å². The first-order valence-electron chi connectivity index (χ1n) is 5.93. The van der Waals surface area contributed by atoms with Crippen molar-refractivity contribution in [1.82, 2.24) is 4.98 Å². The Labute approximate surface area is 130 Å². The number of anilines is 1. The first-order chi connectivity index (χ1) is 9.51. The van der Waals surface area contributed by atoms with Gasteiger partial charge < -0.3 is 11.1 Å². The van der Waals surface area contributed by atoms with Crippen LogP contribution in [-0.4, -0.2) is 10.9 Å². The van der Waals surface area contributed by atoms with Crippen LogP contribution in [0.25, 0.3) is 0 Å². The summed E-state index contributed by atoms with van der Waals surface area (Å²) in [7, 11) is 0. The van der Waals surface area contributed by atoms with Crippen LogP contribution in [0.2, 0.25) is 5.02 Å². The molecule has 2 rings (SSSR count). The second-order valence-corrected chi connectivity index (χ2v) is 5.54. The number of carbonyl (C=O) groups excluding carboxylic acids is 1. The number of amides is 1. The quantitative estimate of drug-likeness (QED) is 0.886. The van der Waals surface area contributed by atoms with Crippen molar-refractivity contribution in [3.05, 3.63) is 56.8 Å². The van der Waals surface area contributed by atoms with Crippen molar-refractivity contribution >= 4 is 39.1 Å². The van der Waals surface area contributed by atoms with Gasteiger partial charge in [-0.25, -0.2) is 0 Å². The number of halogens is 2. The Morgan fingerprint density at radius 2 is 2.20 bits per heavy atom. The molecule has 0 unspecified atom stereocenters. The van der Waals surface area contributed by atoms with E-state index in [0.29, 0.717) is 28.5 Å². The molecule has 0 aliphatic heterocycles. The number of aromatic nitrogens is 1. The summed E-state index contributed by atoms with van der Waals surface area (Å²) in [6, 6.07) is 6.87. The van der Waals surface area contributed by atoms with Gasteiger partial charge in [-0.2, -0.15) is 0 Å². The lowest BCUT2D eigenvalue weighted by Crippen LogP contribution is -2.13. The SMILES string of the molecule is Cc1cc(Br)c(NC(=O)c2ccnc(CN)c2)cc1Cl. The summed E-state index contributed by atoms with van der Waals surface area (Å²) in [6.07, 6.45) is 1.56. The minimum atomic E-state index is -0.234. The molecule has 1 amide bonds. The standard InChI is InChI=1S/C14H13BrClN3O/c1-8-4-11(15)13(6-12(8)16)19-14(20)9-2-3-18-10(5-9)7-17/h2-6H,7,17H2,1H3,(H,19,20). The van der Waals surface area contributed by atoms with E-state index in [1.54, 1.807) is 24.4 Å². The highest BCUT2D eigenvalue weighted by atomic mass is 79.9. The van der Waals surface area contributed by atoms with Gasteiger partial charge in [0.1, 0.15) is 0 Å². The molecule has 0 saturated heterocycles. The number of hydrogen-bond acceptors (Lipinski definition) is 3. The van der Waals surface area contributed by atoms with Crippen molar-refractivity contribution < 1.29 is 4.79 Å². The van der Waals surface area contributed by atoms with Gasteiger partial charge in [0.2, 0.25) is 0 Å². The normalized spacial score (nSPS) is 10.4. The van der Waals surface area contributed by atoms with Gasteiger partial charge in [0.05, 0.1) is 11.4 Å². The lowest BCUT2D eigenvalue weighted by atomic mass is 10.2. The molecule has 0 saturated carbocycles. The van der Waals surface area contributed by atoms with E-state index in [-0.39, 0.29) is 5.91 Å². The van der Waals surface area contributed by atoms with Crippen molar-refractivity contribution in [1.29, 1.82) is 0 Å². The van der Waals surface area contributed by atoms with Gasteiger partial charge in [-0.1, -0.05) is 11.6 Å². The van der Waals surface area contributed by atoms with Crippen LogP contribution >= 0.6 is 27.5 Å². The maximum absolute atomic E-state index is 12.2. The highest BCUT2D eigenvalue weighted by Gasteiger charge is 2.10. The van der Waals surface area contributed by atoms with E-state index in [1.165, 1.54) is 0 Å². The Morgan fingerprint density at radius 3 is 2.90 bits per heavy atom. The molecule has 0 aliphatic carbocycles. The fourth-order valence-corrected chi connectivity index (χ4v) is 2.39. The Balaban J connectivity index is 2.25. The first kappa shape index (κ1) is 15.0. The summed E-state index contributed by atoms with van der Waals surface area (Å²) in [4.78, 5) is 16.2. The van der Waals surface area contributed by atoms with Crippen LogP contribution in [0.3, 0.4) is 0 Å².